The molecule has 3 heteroatoms. The van der Waals surface area contributed by atoms with Crippen LogP contribution in [0.25, 0.3) is 0 Å². The highest BCUT2D eigenvalue weighted by Crippen LogP contribution is 2.46. The molecule has 0 amide bonds. The van der Waals surface area contributed by atoms with Crippen LogP contribution in [0.4, 0.5) is 0 Å². The summed E-state index contributed by atoms with van der Waals surface area (Å²) in [5, 5.41) is 10.7. The van der Waals surface area contributed by atoms with Crippen molar-refractivity contribution in [2.75, 3.05) is 6.61 Å². The average molecular weight is 239 g/mol. The van der Waals surface area contributed by atoms with E-state index in [-0.39, 0.29) is 0 Å². The van der Waals surface area contributed by atoms with Crippen molar-refractivity contribution in [2.45, 2.75) is 31.3 Å². The number of aliphatic hydroxyl groups is 1. The smallest absolute Gasteiger partial charge is 0.121 e. The number of halogens is 1. The van der Waals surface area contributed by atoms with Gasteiger partial charge in [-0.05, 0) is 55.4 Å². The number of hydrogen-bond acceptors (Lipinski definition) is 2. The van der Waals surface area contributed by atoms with Crippen molar-refractivity contribution in [3.63, 3.8) is 0 Å². The third-order valence-electron chi connectivity index (χ3n) is 3.31. The Bertz CT molecular complexity index is 408. The molecule has 0 saturated heterocycles. The molecule has 0 aliphatic heterocycles. The van der Waals surface area contributed by atoms with E-state index in [0.717, 1.165) is 36.7 Å². The molecule has 1 N–H and O–H groups in total. The molecule has 0 atom stereocenters. The fourth-order valence-electron chi connectivity index (χ4n) is 1.82. The minimum atomic E-state index is -0.636. The van der Waals surface area contributed by atoms with E-state index in [4.69, 9.17) is 16.3 Å². The molecule has 86 valence electrons. The first-order chi connectivity index (χ1) is 7.66. The van der Waals surface area contributed by atoms with Crippen LogP contribution in [0.1, 0.15) is 31.2 Å². The van der Waals surface area contributed by atoms with Crippen molar-refractivity contribution in [1.82, 2.24) is 0 Å². The molecule has 2 aliphatic rings. The van der Waals surface area contributed by atoms with Gasteiger partial charge in [-0.3, -0.25) is 0 Å². The van der Waals surface area contributed by atoms with E-state index in [1.54, 1.807) is 0 Å². The molecule has 2 fully saturated rings. The topological polar surface area (TPSA) is 29.5 Å². The SMILES string of the molecule is OC1(c2cc(Cl)cc(OCC3CC3)c2)CC1. The van der Waals surface area contributed by atoms with Crippen LogP contribution in [0.3, 0.4) is 0 Å². The summed E-state index contributed by atoms with van der Waals surface area (Å²) in [7, 11) is 0. The van der Waals surface area contributed by atoms with Crippen molar-refractivity contribution in [1.29, 1.82) is 0 Å². The Morgan fingerprint density at radius 1 is 1.31 bits per heavy atom. The van der Waals surface area contributed by atoms with Crippen molar-refractivity contribution in [3.8, 4) is 5.75 Å². The maximum atomic E-state index is 10.0. The first-order valence-corrected chi connectivity index (χ1v) is 6.20. The van der Waals surface area contributed by atoms with Gasteiger partial charge in [0, 0.05) is 5.02 Å². The summed E-state index contributed by atoms with van der Waals surface area (Å²) in [4.78, 5) is 0. The van der Waals surface area contributed by atoms with E-state index in [2.05, 4.69) is 0 Å². The summed E-state index contributed by atoms with van der Waals surface area (Å²) in [5.74, 6) is 1.51. The van der Waals surface area contributed by atoms with E-state index in [9.17, 15) is 5.11 Å². The molecule has 0 unspecified atom stereocenters. The molecule has 16 heavy (non-hydrogen) atoms. The molecule has 2 aliphatic carbocycles. The number of hydrogen-bond donors (Lipinski definition) is 1. The molecule has 2 saturated carbocycles. The van der Waals surface area contributed by atoms with Gasteiger partial charge in [0.1, 0.15) is 5.75 Å². The lowest BCUT2D eigenvalue weighted by molar-refractivity contribution is 0.151. The lowest BCUT2D eigenvalue weighted by Crippen LogP contribution is -2.05. The monoisotopic (exact) mass is 238 g/mol. The highest BCUT2D eigenvalue weighted by molar-refractivity contribution is 6.30. The molecule has 2 nitrogen and oxygen atoms in total. The van der Waals surface area contributed by atoms with Gasteiger partial charge in [0.25, 0.3) is 0 Å². The summed E-state index contributed by atoms with van der Waals surface area (Å²) < 4.78 is 5.68. The van der Waals surface area contributed by atoms with E-state index in [0.29, 0.717) is 5.02 Å². The normalized spacial score (nSPS) is 21.9. The Kier molecular flexibility index (Phi) is 2.37. The van der Waals surface area contributed by atoms with Crippen molar-refractivity contribution >= 4 is 11.6 Å². The van der Waals surface area contributed by atoms with Gasteiger partial charge in [-0.1, -0.05) is 11.6 Å². The van der Waals surface area contributed by atoms with Crippen LogP contribution >= 0.6 is 11.6 Å². The number of rotatable bonds is 4. The molecule has 1 aromatic carbocycles. The predicted molar refractivity (Wildman–Crippen MR) is 62.8 cm³/mol. The van der Waals surface area contributed by atoms with Crippen LogP contribution in [0.2, 0.25) is 5.02 Å². The van der Waals surface area contributed by atoms with Crippen LogP contribution in [0.5, 0.6) is 5.75 Å². The van der Waals surface area contributed by atoms with E-state index in [1.165, 1.54) is 12.8 Å². The zero-order valence-corrected chi connectivity index (χ0v) is 9.83. The van der Waals surface area contributed by atoms with Gasteiger partial charge in [-0.25, -0.2) is 0 Å². The van der Waals surface area contributed by atoms with Crippen LogP contribution in [0, 0.1) is 5.92 Å². The van der Waals surface area contributed by atoms with E-state index >= 15 is 0 Å². The van der Waals surface area contributed by atoms with Crippen LogP contribution in [-0.4, -0.2) is 11.7 Å². The van der Waals surface area contributed by atoms with Gasteiger partial charge in [0.15, 0.2) is 0 Å². The third kappa shape index (κ3) is 2.18. The molecule has 0 spiro atoms. The highest BCUT2D eigenvalue weighted by Gasteiger charge is 2.42. The quantitative estimate of drug-likeness (QED) is 0.874. The zero-order chi connectivity index (χ0) is 11.2. The molecular weight excluding hydrogens is 224 g/mol. The van der Waals surface area contributed by atoms with Crippen LogP contribution in [0.15, 0.2) is 18.2 Å². The molecule has 0 bridgehead atoms. The van der Waals surface area contributed by atoms with Gasteiger partial charge >= 0.3 is 0 Å². The molecule has 0 aromatic heterocycles. The first kappa shape index (κ1) is 10.4. The van der Waals surface area contributed by atoms with E-state index < -0.39 is 5.60 Å². The first-order valence-electron chi connectivity index (χ1n) is 5.82. The van der Waals surface area contributed by atoms with Crippen LogP contribution < -0.4 is 4.74 Å². The number of benzene rings is 1. The number of ether oxygens (including phenoxy) is 1. The van der Waals surface area contributed by atoms with Gasteiger partial charge in [-0.2, -0.15) is 0 Å². The molecule has 0 radical (unpaired) electrons. The van der Waals surface area contributed by atoms with Crippen molar-refractivity contribution in [3.05, 3.63) is 28.8 Å². The molecular formula is C13H15ClO2. The van der Waals surface area contributed by atoms with Crippen molar-refractivity contribution in [2.24, 2.45) is 5.92 Å². The lowest BCUT2D eigenvalue weighted by Gasteiger charge is -2.12. The Labute approximate surface area is 100 Å². The lowest BCUT2D eigenvalue weighted by atomic mass is 10.1. The Morgan fingerprint density at radius 3 is 2.69 bits per heavy atom. The van der Waals surface area contributed by atoms with Crippen molar-refractivity contribution < 1.29 is 9.84 Å². The van der Waals surface area contributed by atoms with Crippen LogP contribution in [-0.2, 0) is 5.60 Å². The van der Waals surface area contributed by atoms with Gasteiger partial charge in [0.2, 0.25) is 0 Å². The Balaban J connectivity index is 1.78. The summed E-state index contributed by atoms with van der Waals surface area (Å²) in [6.45, 7) is 0.776. The highest BCUT2D eigenvalue weighted by atomic mass is 35.5. The molecule has 0 heterocycles. The van der Waals surface area contributed by atoms with E-state index in [1.807, 2.05) is 18.2 Å². The second-order valence-corrected chi connectivity index (χ2v) is 5.40. The summed E-state index contributed by atoms with van der Waals surface area (Å²) in [5.41, 5.74) is 0.258. The average Bonchev–Trinajstić information content (AvgIpc) is 3.11. The van der Waals surface area contributed by atoms with Gasteiger partial charge < -0.3 is 9.84 Å². The standard InChI is InChI=1S/C13H15ClO2/c14-11-5-10(13(15)3-4-13)6-12(7-11)16-8-9-1-2-9/h5-7,9,15H,1-4,8H2. The summed E-state index contributed by atoms with van der Waals surface area (Å²) in [6.07, 6.45) is 4.21. The molecule has 1 aromatic rings. The summed E-state index contributed by atoms with van der Waals surface area (Å²) >= 11 is 6.02. The maximum absolute atomic E-state index is 10.0. The predicted octanol–water partition coefficient (Wildman–Crippen LogP) is 3.11. The summed E-state index contributed by atoms with van der Waals surface area (Å²) in [6, 6.07) is 5.57. The second kappa shape index (κ2) is 3.64. The Morgan fingerprint density at radius 2 is 2.06 bits per heavy atom. The molecule has 3 rings (SSSR count). The minimum absolute atomic E-state index is 0.636. The minimum Gasteiger partial charge on any atom is -0.493 e. The Hall–Kier alpha value is -0.730. The maximum Gasteiger partial charge on any atom is 0.121 e. The zero-order valence-electron chi connectivity index (χ0n) is 9.08. The largest absolute Gasteiger partial charge is 0.493 e. The van der Waals surface area contributed by atoms with Gasteiger partial charge in [0.05, 0.1) is 12.2 Å². The fourth-order valence-corrected chi connectivity index (χ4v) is 2.05. The van der Waals surface area contributed by atoms with Gasteiger partial charge in [-0.15, -0.1) is 0 Å². The fraction of sp³-hybridized carbons (Fsp3) is 0.538. The third-order valence-corrected chi connectivity index (χ3v) is 3.53. The second-order valence-electron chi connectivity index (χ2n) is 4.96.